The summed E-state index contributed by atoms with van der Waals surface area (Å²) in [6, 6.07) is 0. The van der Waals surface area contributed by atoms with Crippen LogP contribution in [0.4, 0.5) is 0 Å². The largest absolute Gasteiger partial charge is 0.336 e. The van der Waals surface area contributed by atoms with Crippen molar-refractivity contribution in [3.8, 4) is 0 Å². The standard InChI is InChI=1S/C6H10N2O2/c1-2-4-7-5(9)3-6(10)8-4/h4H,2-3H2,1H3,(H,7,9)(H,8,10). The van der Waals surface area contributed by atoms with Gasteiger partial charge in [-0.25, -0.2) is 0 Å². The van der Waals surface area contributed by atoms with Crippen molar-refractivity contribution in [2.24, 2.45) is 0 Å². The molecule has 1 aliphatic rings. The molecule has 4 heteroatoms. The summed E-state index contributed by atoms with van der Waals surface area (Å²) >= 11 is 0. The highest BCUT2D eigenvalue weighted by Gasteiger charge is 2.20. The minimum atomic E-state index is -0.185. The van der Waals surface area contributed by atoms with E-state index in [2.05, 4.69) is 10.6 Å². The molecule has 0 radical (unpaired) electrons. The van der Waals surface area contributed by atoms with Crippen LogP contribution >= 0.6 is 0 Å². The van der Waals surface area contributed by atoms with Crippen LogP contribution in [0.5, 0.6) is 0 Å². The number of hydrogen-bond acceptors (Lipinski definition) is 2. The highest BCUT2D eigenvalue weighted by Crippen LogP contribution is 1.95. The molecule has 0 aromatic heterocycles. The Labute approximate surface area is 59.0 Å². The first kappa shape index (κ1) is 7.05. The Bertz CT molecular complexity index is 151. The van der Waals surface area contributed by atoms with E-state index in [9.17, 15) is 9.59 Å². The zero-order valence-electron chi connectivity index (χ0n) is 5.81. The van der Waals surface area contributed by atoms with Crippen LogP contribution in [-0.2, 0) is 9.59 Å². The van der Waals surface area contributed by atoms with E-state index in [1.165, 1.54) is 0 Å². The Kier molecular flexibility index (Phi) is 1.89. The van der Waals surface area contributed by atoms with Gasteiger partial charge in [0, 0.05) is 0 Å². The first-order valence-corrected chi connectivity index (χ1v) is 3.31. The second-order valence-electron chi connectivity index (χ2n) is 2.27. The van der Waals surface area contributed by atoms with Crippen molar-refractivity contribution in [1.29, 1.82) is 0 Å². The van der Waals surface area contributed by atoms with Crippen LogP contribution in [0.25, 0.3) is 0 Å². The van der Waals surface area contributed by atoms with Gasteiger partial charge in [0.25, 0.3) is 0 Å². The molecule has 1 saturated heterocycles. The minimum absolute atomic E-state index is 0.0313. The van der Waals surface area contributed by atoms with Crippen LogP contribution < -0.4 is 10.6 Å². The molecule has 1 heterocycles. The highest BCUT2D eigenvalue weighted by atomic mass is 16.2. The van der Waals surface area contributed by atoms with E-state index in [1.54, 1.807) is 0 Å². The van der Waals surface area contributed by atoms with Gasteiger partial charge in [-0.15, -0.1) is 0 Å². The Morgan fingerprint density at radius 2 is 1.90 bits per heavy atom. The molecule has 0 saturated carbocycles. The molecule has 0 aromatic rings. The van der Waals surface area contributed by atoms with E-state index in [0.29, 0.717) is 0 Å². The zero-order valence-corrected chi connectivity index (χ0v) is 5.81. The zero-order chi connectivity index (χ0) is 7.56. The van der Waals surface area contributed by atoms with Crippen LogP contribution in [0.2, 0.25) is 0 Å². The third-order valence-electron chi connectivity index (χ3n) is 1.40. The number of carbonyl (C=O) groups is 2. The van der Waals surface area contributed by atoms with Crippen molar-refractivity contribution < 1.29 is 9.59 Å². The summed E-state index contributed by atoms with van der Waals surface area (Å²) < 4.78 is 0. The summed E-state index contributed by atoms with van der Waals surface area (Å²) in [6.07, 6.45) is 0.544. The molecule has 56 valence electrons. The van der Waals surface area contributed by atoms with E-state index in [0.717, 1.165) is 6.42 Å². The molecule has 0 aliphatic carbocycles. The average Bonchev–Trinajstić information content (AvgIpc) is 1.85. The number of amides is 2. The molecule has 10 heavy (non-hydrogen) atoms. The van der Waals surface area contributed by atoms with E-state index in [1.807, 2.05) is 6.92 Å². The van der Waals surface area contributed by atoms with Crippen LogP contribution in [0.15, 0.2) is 0 Å². The van der Waals surface area contributed by atoms with E-state index < -0.39 is 0 Å². The number of hydrogen-bond donors (Lipinski definition) is 2. The van der Waals surface area contributed by atoms with Crippen LogP contribution in [0.1, 0.15) is 19.8 Å². The van der Waals surface area contributed by atoms with Gasteiger partial charge in [-0.1, -0.05) is 6.92 Å². The predicted molar refractivity (Wildman–Crippen MR) is 35.0 cm³/mol. The number of rotatable bonds is 1. The lowest BCUT2D eigenvalue weighted by atomic mass is 10.2. The lowest BCUT2D eigenvalue weighted by molar-refractivity contribution is -0.134. The normalized spacial score (nSPS) is 20.1. The van der Waals surface area contributed by atoms with Gasteiger partial charge in [0.2, 0.25) is 11.8 Å². The molecular weight excluding hydrogens is 132 g/mol. The topological polar surface area (TPSA) is 58.2 Å². The van der Waals surface area contributed by atoms with Gasteiger partial charge < -0.3 is 10.6 Å². The van der Waals surface area contributed by atoms with Crippen molar-refractivity contribution in [3.05, 3.63) is 0 Å². The van der Waals surface area contributed by atoms with Gasteiger partial charge in [-0.3, -0.25) is 9.59 Å². The molecule has 1 aliphatic heterocycles. The van der Waals surface area contributed by atoms with Crippen molar-refractivity contribution in [3.63, 3.8) is 0 Å². The first-order valence-electron chi connectivity index (χ1n) is 3.31. The van der Waals surface area contributed by atoms with Gasteiger partial charge in [0.1, 0.15) is 12.6 Å². The van der Waals surface area contributed by atoms with Crippen molar-refractivity contribution >= 4 is 11.8 Å². The monoisotopic (exact) mass is 142 g/mol. The third-order valence-corrected chi connectivity index (χ3v) is 1.40. The van der Waals surface area contributed by atoms with Gasteiger partial charge in [-0.2, -0.15) is 0 Å². The summed E-state index contributed by atoms with van der Waals surface area (Å²) in [5, 5.41) is 5.25. The average molecular weight is 142 g/mol. The van der Waals surface area contributed by atoms with Crippen LogP contribution in [0, 0.1) is 0 Å². The van der Waals surface area contributed by atoms with E-state index >= 15 is 0 Å². The minimum Gasteiger partial charge on any atom is -0.336 e. The fraction of sp³-hybridized carbons (Fsp3) is 0.667. The Morgan fingerprint density at radius 3 is 2.30 bits per heavy atom. The first-order chi connectivity index (χ1) is 4.72. The molecule has 1 rings (SSSR count). The summed E-state index contributed by atoms with van der Waals surface area (Å²) in [4.78, 5) is 21.3. The molecule has 0 bridgehead atoms. The summed E-state index contributed by atoms with van der Waals surface area (Å²) in [6.45, 7) is 1.90. The smallest absolute Gasteiger partial charge is 0.231 e. The quantitative estimate of drug-likeness (QED) is 0.478. The molecule has 1 fully saturated rings. The molecule has 4 nitrogen and oxygen atoms in total. The molecule has 0 spiro atoms. The second-order valence-corrected chi connectivity index (χ2v) is 2.27. The highest BCUT2D eigenvalue weighted by molar-refractivity contribution is 5.99. The number of carbonyl (C=O) groups excluding carboxylic acids is 2. The summed E-state index contributed by atoms with van der Waals surface area (Å²) in [7, 11) is 0. The maximum Gasteiger partial charge on any atom is 0.231 e. The molecule has 2 N–H and O–H groups in total. The molecule has 0 unspecified atom stereocenters. The molecule has 0 atom stereocenters. The Balaban J connectivity index is 2.50. The van der Waals surface area contributed by atoms with Crippen molar-refractivity contribution in [1.82, 2.24) is 10.6 Å². The molecule has 2 amide bonds. The van der Waals surface area contributed by atoms with Gasteiger partial charge in [-0.05, 0) is 6.42 Å². The predicted octanol–water partition coefficient (Wildman–Crippen LogP) is -0.641. The Hall–Kier alpha value is -1.06. The third kappa shape index (κ3) is 1.46. The van der Waals surface area contributed by atoms with Gasteiger partial charge >= 0.3 is 0 Å². The SMILES string of the molecule is CCC1NC(=O)CC(=O)N1. The summed E-state index contributed by atoms with van der Waals surface area (Å²) in [5.41, 5.74) is 0. The van der Waals surface area contributed by atoms with Gasteiger partial charge in [0.15, 0.2) is 0 Å². The van der Waals surface area contributed by atoms with Crippen LogP contribution in [-0.4, -0.2) is 18.0 Å². The van der Waals surface area contributed by atoms with Crippen LogP contribution in [0.3, 0.4) is 0 Å². The fourth-order valence-electron chi connectivity index (χ4n) is 0.877. The second kappa shape index (κ2) is 2.68. The molecule has 0 aromatic carbocycles. The lowest BCUT2D eigenvalue weighted by Gasteiger charge is -2.22. The number of nitrogens with one attached hydrogen (secondary N) is 2. The van der Waals surface area contributed by atoms with Crippen molar-refractivity contribution in [2.45, 2.75) is 25.9 Å². The summed E-state index contributed by atoms with van der Waals surface area (Å²) in [5.74, 6) is -0.369. The van der Waals surface area contributed by atoms with E-state index in [4.69, 9.17) is 0 Å². The maximum absolute atomic E-state index is 10.7. The molecular formula is C6H10N2O2. The fourth-order valence-corrected chi connectivity index (χ4v) is 0.877. The van der Waals surface area contributed by atoms with Crippen molar-refractivity contribution in [2.75, 3.05) is 0 Å². The lowest BCUT2D eigenvalue weighted by Crippen LogP contribution is -2.53. The van der Waals surface area contributed by atoms with E-state index in [-0.39, 0.29) is 24.4 Å². The maximum atomic E-state index is 10.7. The Morgan fingerprint density at radius 1 is 1.40 bits per heavy atom. The van der Waals surface area contributed by atoms with Gasteiger partial charge in [0.05, 0.1) is 0 Å².